The van der Waals surface area contributed by atoms with Crippen molar-refractivity contribution in [2.45, 2.75) is 0 Å². The molecule has 0 aromatic rings. The molecule has 21 heteroatoms. The van der Waals surface area contributed by atoms with Crippen LogP contribution in [0.4, 0.5) is 0 Å². The van der Waals surface area contributed by atoms with Crippen molar-refractivity contribution in [2.24, 2.45) is 0 Å². The van der Waals surface area contributed by atoms with Gasteiger partial charge in [-0.25, -0.2) is 0 Å². The van der Waals surface area contributed by atoms with E-state index in [0.29, 0.717) is 0 Å². The quantitative estimate of drug-likeness (QED) is 0.215. The van der Waals surface area contributed by atoms with Crippen LogP contribution in [0.3, 0.4) is 0 Å². The molecule has 0 rings (SSSR count). The number of hydrogen-bond donors (Lipinski definition) is 6. The Morgan fingerprint density at radius 3 is 0.762 bits per heavy atom. The van der Waals surface area contributed by atoms with E-state index >= 15 is 0 Å². The highest BCUT2D eigenvalue weighted by molar-refractivity contribution is 9.21. The molecule has 0 aliphatic rings. The van der Waals surface area contributed by atoms with Crippen LogP contribution in [0.15, 0.2) is 0 Å². The highest BCUT2D eigenvalue weighted by Gasteiger charge is 2.14. The molecule has 134 valence electrons. The van der Waals surface area contributed by atoms with Crippen LogP contribution in [0.25, 0.3) is 0 Å². The van der Waals surface area contributed by atoms with Gasteiger partial charge < -0.3 is 0 Å². The van der Waals surface area contributed by atoms with Gasteiger partial charge in [0, 0.05) is 11.2 Å². The Labute approximate surface area is 138 Å². The summed E-state index contributed by atoms with van der Waals surface area (Å²) in [5, 5.41) is 0. The Morgan fingerprint density at radius 2 is 0.714 bits per heavy atom. The van der Waals surface area contributed by atoms with Crippen molar-refractivity contribution >= 4 is 82.1 Å². The second kappa shape index (κ2) is 11.5. The van der Waals surface area contributed by atoms with Gasteiger partial charge in [-0.1, -0.05) is 0 Å². The van der Waals surface area contributed by atoms with Crippen LogP contribution in [0, 0.1) is 0 Å². The lowest BCUT2D eigenvalue weighted by Gasteiger charge is -1.89. The van der Waals surface area contributed by atoms with Gasteiger partial charge in [-0.2, -0.15) is 43.0 Å². The first-order valence-corrected chi connectivity index (χ1v) is 12.8. The topological polar surface area (TPSA) is 241 Å². The van der Waals surface area contributed by atoms with Crippen molar-refractivity contribution in [3.63, 3.8) is 0 Å². The van der Waals surface area contributed by atoms with Crippen molar-refractivity contribution in [1.29, 1.82) is 0 Å². The zero-order valence-corrected chi connectivity index (χ0v) is 15.6. The lowest BCUT2D eigenvalue weighted by molar-refractivity contribution is 0.380. The summed E-state index contributed by atoms with van der Waals surface area (Å²) in [5.41, 5.74) is 0. The van der Waals surface area contributed by atoms with Gasteiger partial charge in [0.2, 0.25) is 0 Å². The van der Waals surface area contributed by atoms with Gasteiger partial charge in [-0.15, -0.1) is 0 Å². The summed E-state index contributed by atoms with van der Waals surface area (Å²) in [4.78, 5) is 0. The van der Waals surface area contributed by atoms with E-state index in [0.717, 1.165) is 0 Å². The lowest BCUT2D eigenvalue weighted by atomic mass is 15.8. The molecule has 0 bridgehead atoms. The minimum atomic E-state index is -4.67. The molecule has 0 aliphatic heterocycles. The molecular weight excluding hydrogens is 465 g/mol. The SMILES string of the molecule is O=S(=O)(O)O.O=S(=O)(O)SSS(=O)(=O)O.O=S(O)(O)=S.S. The molecular formula is H8O13S8. The third kappa shape index (κ3) is 118. The Morgan fingerprint density at radius 1 is 0.619 bits per heavy atom. The van der Waals surface area contributed by atoms with Crippen LogP contribution in [0.5, 0.6) is 0 Å². The first kappa shape index (κ1) is 30.0. The molecule has 0 aromatic heterocycles. The van der Waals surface area contributed by atoms with Crippen molar-refractivity contribution in [3.05, 3.63) is 0 Å². The van der Waals surface area contributed by atoms with Crippen LogP contribution in [0.1, 0.15) is 0 Å². The third-order valence-electron chi connectivity index (χ3n) is 0.200. The first-order chi connectivity index (χ1) is 8.21. The fourth-order valence-corrected chi connectivity index (χ4v) is 5.69. The number of hydrogen-bond acceptors (Lipinski definition) is 10. The van der Waals surface area contributed by atoms with E-state index in [9.17, 15) is 16.8 Å². The minimum Gasteiger partial charge on any atom is -0.285 e. The van der Waals surface area contributed by atoms with Gasteiger partial charge in [0.05, 0.1) is 19.7 Å². The minimum absolute atomic E-state index is 0. The van der Waals surface area contributed by atoms with Crippen LogP contribution in [-0.2, 0) is 48.9 Å². The first-order valence-electron chi connectivity index (χ1n) is 2.93. The lowest BCUT2D eigenvalue weighted by Crippen LogP contribution is -1.90. The molecule has 0 radical (unpaired) electrons. The molecule has 0 saturated heterocycles. The third-order valence-corrected chi connectivity index (χ3v) is 6.89. The molecule has 13 nitrogen and oxygen atoms in total. The summed E-state index contributed by atoms with van der Waals surface area (Å²) in [6.45, 7) is 0. The highest BCUT2D eigenvalue weighted by Crippen LogP contribution is 2.30. The largest absolute Gasteiger partial charge is 0.394 e. The molecule has 0 aliphatic carbocycles. The standard InChI is InChI=1S/H2O6S4.H2O4S.H2O3S2.H2S/c1-9(2,3)7-8-10(4,5)6;2*1-5(2,3)4;/h(H,1,2,3)(H,4,5,6);2*(H2,1,2,3,4);1H2. The van der Waals surface area contributed by atoms with Gasteiger partial charge >= 0.3 is 28.7 Å². The van der Waals surface area contributed by atoms with E-state index in [-0.39, 0.29) is 33.1 Å². The van der Waals surface area contributed by atoms with Crippen molar-refractivity contribution in [2.75, 3.05) is 0 Å². The average molecular weight is 473 g/mol. The Balaban J connectivity index is -0.000000112. The number of rotatable bonds is 3. The highest BCUT2D eigenvalue weighted by atomic mass is 33.7. The smallest absolute Gasteiger partial charge is 0.285 e. The Kier molecular flexibility index (Phi) is 16.5. The maximum absolute atomic E-state index is 9.80. The summed E-state index contributed by atoms with van der Waals surface area (Å²) >= 11 is 3.47. The zero-order valence-electron chi connectivity index (χ0n) is 8.90. The van der Waals surface area contributed by atoms with Gasteiger partial charge in [0.25, 0.3) is 9.05 Å². The zero-order chi connectivity index (χ0) is 17.4. The average Bonchev–Trinajstić information content (AvgIpc) is 1.90. The molecule has 0 aromatic carbocycles. The summed E-state index contributed by atoms with van der Waals surface area (Å²) in [7, 11) is -18.0. The second-order valence-corrected chi connectivity index (χ2v) is 12.8. The molecule has 6 N–H and O–H groups in total. The molecule has 0 unspecified atom stereocenters. The maximum atomic E-state index is 9.80. The van der Waals surface area contributed by atoms with E-state index < -0.39 is 37.8 Å². The molecule has 0 saturated carbocycles. The second-order valence-electron chi connectivity index (χ2n) is 1.89. The molecule has 0 atom stereocenters. The maximum Gasteiger partial charge on any atom is 0.394 e. The fourth-order valence-electron chi connectivity index (χ4n) is 0.0702. The van der Waals surface area contributed by atoms with Gasteiger partial charge in [0.15, 0.2) is 0 Å². The van der Waals surface area contributed by atoms with E-state index in [1.807, 2.05) is 0 Å². The molecule has 0 fully saturated rings. The van der Waals surface area contributed by atoms with E-state index in [2.05, 4.69) is 11.2 Å². The van der Waals surface area contributed by atoms with E-state index in [1.54, 1.807) is 0 Å². The van der Waals surface area contributed by atoms with Gasteiger partial charge in [-0.05, 0) is 0 Å². The Bertz CT molecular complexity index is 576. The van der Waals surface area contributed by atoms with Crippen molar-refractivity contribution < 1.29 is 56.8 Å². The monoisotopic (exact) mass is 472 g/mol. The molecule has 0 amide bonds. The summed E-state index contributed by atoms with van der Waals surface area (Å²) in [6, 6.07) is 0. The molecule has 0 heterocycles. The summed E-state index contributed by atoms with van der Waals surface area (Å²) in [6.07, 6.45) is 0. The summed E-state index contributed by atoms with van der Waals surface area (Å²) in [5.74, 6) is 0. The Hall–Kier alpha value is 1.03. The van der Waals surface area contributed by atoms with Crippen molar-refractivity contribution in [1.82, 2.24) is 0 Å². The van der Waals surface area contributed by atoms with Gasteiger partial charge in [-0.3, -0.25) is 27.3 Å². The fraction of sp³-hybridized carbons (Fsp3) is 0. The summed E-state index contributed by atoms with van der Waals surface area (Å²) < 4.78 is 111. The van der Waals surface area contributed by atoms with Crippen LogP contribution >= 0.6 is 33.1 Å². The van der Waals surface area contributed by atoms with Crippen LogP contribution < -0.4 is 0 Å². The van der Waals surface area contributed by atoms with E-state index in [4.69, 9.17) is 39.9 Å². The predicted octanol–water partition coefficient (Wildman–Crippen LogP) is -0.888. The van der Waals surface area contributed by atoms with Crippen molar-refractivity contribution in [3.8, 4) is 0 Å². The van der Waals surface area contributed by atoms with Gasteiger partial charge in [0.1, 0.15) is 0 Å². The van der Waals surface area contributed by atoms with E-state index in [1.165, 1.54) is 0 Å². The van der Waals surface area contributed by atoms with Crippen LogP contribution in [0.2, 0.25) is 0 Å². The predicted molar refractivity (Wildman–Crippen MR) is 83.6 cm³/mol. The molecule has 21 heavy (non-hydrogen) atoms. The normalized spacial score (nSPS) is 11.9. The van der Waals surface area contributed by atoms with Crippen LogP contribution in [-0.4, -0.2) is 56.8 Å². The molecule has 0 spiro atoms.